The molecule has 0 bridgehead atoms. The van der Waals surface area contributed by atoms with Crippen molar-refractivity contribution in [2.24, 2.45) is 0 Å². The van der Waals surface area contributed by atoms with Crippen LogP contribution in [0.15, 0.2) is 29.1 Å². The molecule has 88 valence electrons. The summed E-state index contributed by atoms with van der Waals surface area (Å²) in [4.78, 5) is 16.4. The third-order valence-electron chi connectivity index (χ3n) is 3.05. The van der Waals surface area contributed by atoms with E-state index >= 15 is 0 Å². The molecule has 0 saturated carbocycles. The lowest BCUT2D eigenvalue weighted by Gasteiger charge is -1.94. The third kappa shape index (κ3) is 0.956. The van der Waals surface area contributed by atoms with Crippen LogP contribution < -0.4 is 11.2 Å². The molecule has 0 unspecified atom stereocenters. The van der Waals surface area contributed by atoms with E-state index in [1.165, 1.54) is 4.52 Å². The monoisotopic (exact) mass is 240 g/mol. The van der Waals surface area contributed by atoms with Crippen LogP contribution in [0.1, 0.15) is 0 Å². The van der Waals surface area contributed by atoms with E-state index in [0.717, 1.165) is 5.39 Å². The van der Waals surface area contributed by atoms with Crippen molar-refractivity contribution in [3.05, 3.63) is 45.2 Å². The summed E-state index contributed by atoms with van der Waals surface area (Å²) < 4.78 is 1.51. The smallest absolute Gasteiger partial charge is 0.247 e. The van der Waals surface area contributed by atoms with Gasteiger partial charge in [-0.25, -0.2) is 10.1 Å². The molecule has 0 radical (unpaired) electrons. The summed E-state index contributed by atoms with van der Waals surface area (Å²) >= 11 is 0. The highest BCUT2D eigenvalue weighted by Crippen LogP contribution is 2.13. The third-order valence-corrected chi connectivity index (χ3v) is 3.05. The molecule has 2 aliphatic rings. The number of anilines is 1. The summed E-state index contributed by atoms with van der Waals surface area (Å²) in [6.45, 7) is 0. The number of H-pyrrole nitrogens is 2. The Kier molecular flexibility index (Phi) is 1.48. The van der Waals surface area contributed by atoms with Crippen LogP contribution in [0, 0.1) is 10.7 Å². The highest BCUT2D eigenvalue weighted by molar-refractivity contribution is 5.83. The van der Waals surface area contributed by atoms with Gasteiger partial charge in [-0.2, -0.15) is 4.52 Å². The molecule has 7 heteroatoms. The Bertz CT molecular complexity index is 1010. The number of hydrogen-bond donors (Lipinski definition) is 3. The Morgan fingerprint density at radius 3 is 2.83 bits per heavy atom. The van der Waals surface area contributed by atoms with Gasteiger partial charge in [-0.1, -0.05) is 24.3 Å². The largest absolute Gasteiger partial charge is 0.366 e. The first-order chi connectivity index (χ1) is 8.75. The van der Waals surface area contributed by atoms with E-state index in [1.807, 2.05) is 18.2 Å². The van der Waals surface area contributed by atoms with E-state index in [0.29, 0.717) is 21.9 Å². The second-order valence-corrected chi connectivity index (χ2v) is 4.06. The summed E-state index contributed by atoms with van der Waals surface area (Å²) in [6, 6.07) is 7.37. The normalized spacial score (nSPS) is 11.8. The lowest BCUT2D eigenvalue weighted by molar-refractivity contribution is 0.884. The van der Waals surface area contributed by atoms with Crippen LogP contribution in [0.5, 0.6) is 0 Å². The van der Waals surface area contributed by atoms with Gasteiger partial charge in [0, 0.05) is 10.8 Å². The zero-order chi connectivity index (χ0) is 12.3. The van der Waals surface area contributed by atoms with Gasteiger partial charge in [0.15, 0.2) is 0 Å². The Balaban J connectivity index is 2.42. The highest BCUT2D eigenvalue weighted by atomic mass is 16.1. The van der Waals surface area contributed by atoms with Gasteiger partial charge < -0.3 is 5.73 Å². The number of hydrogen-bond acceptors (Lipinski definition) is 4. The van der Waals surface area contributed by atoms with E-state index in [-0.39, 0.29) is 11.4 Å². The first kappa shape index (κ1) is 9.23. The SMILES string of the molecule is Nc1n[nH]c2nc3c(=O)c4ccccc4c=3[nH]n12. The first-order valence-corrected chi connectivity index (χ1v) is 5.39. The van der Waals surface area contributed by atoms with E-state index in [2.05, 4.69) is 20.3 Å². The van der Waals surface area contributed by atoms with Gasteiger partial charge in [0.05, 0.1) is 5.35 Å². The van der Waals surface area contributed by atoms with Gasteiger partial charge in [-0.05, 0) is 0 Å². The maximum Gasteiger partial charge on any atom is 0.247 e. The van der Waals surface area contributed by atoms with Crippen molar-refractivity contribution < 1.29 is 0 Å². The number of aromatic nitrogens is 5. The van der Waals surface area contributed by atoms with Gasteiger partial charge in [0.1, 0.15) is 5.35 Å². The van der Waals surface area contributed by atoms with Crippen molar-refractivity contribution >= 4 is 22.5 Å². The van der Waals surface area contributed by atoms with Gasteiger partial charge in [-0.15, -0.1) is 5.10 Å². The number of nitrogens with two attached hydrogens (primary N) is 1. The maximum atomic E-state index is 12.2. The lowest BCUT2D eigenvalue weighted by Crippen LogP contribution is -2.05. The van der Waals surface area contributed by atoms with Gasteiger partial charge in [0.2, 0.25) is 17.2 Å². The number of aromatic amines is 2. The minimum absolute atomic E-state index is 0.0903. The summed E-state index contributed by atoms with van der Waals surface area (Å²) in [5.74, 6) is 0.671. The summed E-state index contributed by atoms with van der Waals surface area (Å²) in [5, 5.41) is 12.1. The minimum Gasteiger partial charge on any atom is -0.366 e. The van der Waals surface area contributed by atoms with Crippen LogP contribution in [0.3, 0.4) is 0 Å². The molecular formula is C11H8N6O. The molecule has 1 aliphatic heterocycles. The van der Waals surface area contributed by atoms with E-state index in [1.54, 1.807) is 6.07 Å². The molecule has 0 amide bonds. The van der Waals surface area contributed by atoms with Gasteiger partial charge in [-0.3, -0.25) is 9.89 Å². The predicted molar refractivity (Wildman–Crippen MR) is 65.2 cm³/mol. The Hall–Kier alpha value is -2.83. The molecular weight excluding hydrogens is 232 g/mol. The van der Waals surface area contributed by atoms with Crippen molar-refractivity contribution in [2.75, 3.05) is 5.73 Å². The molecule has 1 aromatic heterocycles. The predicted octanol–water partition coefficient (Wildman–Crippen LogP) is 0.206. The molecule has 7 nitrogen and oxygen atoms in total. The van der Waals surface area contributed by atoms with Crippen LogP contribution in [0.4, 0.5) is 5.95 Å². The topological polar surface area (TPSA) is 105 Å². The molecule has 1 aromatic carbocycles. The fourth-order valence-corrected chi connectivity index (χ4v) is 2.21. The molecule has 0 fully saturated rings. The van der Waals surface area contributed by atoms with E-state index < -0.39 is 0 Å². The quantitative estimate of drug-likeness (QED) is 0.408. The molecule has 18 heavy (non-hydrogen) atoms. The first-order valence-electron chi connectivity index (χ1n) is 5.39. The number of nitrogen functional groups attached to an aromatic ring is 1. The Morgan fingerprint density at radius 2 is 2.00 bits per heavy atom. The maximum absolute atomic E-state index is 12.2. The molecule has 2 aromatic rings. The number of nitrogens with zero attached hydrogens (tertiary/aromatic N) is 3. The summed E-state index contributed by atoms with van der Waals surface area (Å²) in [5.41, 5.74) is 5.60. The lowest BCUT2D eigenvalue weighted by atomic mass is 10.2. The molecule has 0 saturated heterocycles. The number of rotatable bonds is 0. The van der Waals surface area contributed by atoms with Gasteiger partial charge >= 0.3 is 0 Å². The van der Waals surface area contributed by atoms with Crippen LogP contribution in [0.2, 0.25) is 0 Å². The van der Waals surface area contributed by atoms with Crippen LogP contribution >= 0.6 is 0 Å². The van der Waals surface area contributed by atoms with Crippen molar-refractivity contribution in [3.63, 3.8) is 0 Å². The standard InChI is InChI=1S/C11H8N6O/c12-10-14-15-11-13-8-7(16-17(10)11)5-3-1-2-4-6(5)9(8)18/h1-4,16H,(H2,12,14)(H,13,15). The number of fused-ring (bicyclic) bond motifs is 3. The Morgan fingerprint density at radius 1 is 1.22 bits per heavy atom. The van der Waals surface area contributed by atoms with Crippen LogP contribution in [-0.2, 0) is 0 Å². The molecule has 2 heterocycles. The molecule has 1 aliphatic carbocycles. The fraction of sp³-hybridized carbons (Fsp3) is 0. The molecule has 0 atom stereocenters. The number of nitrogens with one attached hydrogen (secondary N) is 2. The zero-order valence-electron chi connectivity index (χ0n) is 9.14. The second-order valence-electron chi connectivity index (χ2n) is 4.06. The second kappa shape index (κ2) is 2.89. The van der Waals surface area contributed by atoms with Crippen LogP contribution in [-0.4, -0.2) is 24.8 Å². The van der Waals surface area contributed by atoms with E-state index in [9.17, 15) is 4.79 Å². The number of benzene rings is 1. The van der Waals surface area contributed by atoms with Crippen molar-refractivity contribution in [1.82, 2.24) is 24.8 Å². The van der Waals surface area contributed by atoms with E-state index in [4.69, 9.17) is 5.73 Å². The van der Waals surface area contributed by atoms with Gasteiger partial charge in [0.25, 0.3) is 0 Å². The van der Waals surface area contributed by atoms with Crippen molar-refractivity contribution in [1.29, 1.82) is 0 Å². The average Bonchev–Trinajstić information content (AvgIpc) is 2.90. The van der Waals surface area contributed by atoms with Crippen LogP contribution in [0.25, 0.3) is 16.6 Å². The molecule has 4 rings (SSSR count). The zero-order valence-corrected chi connectivity index (χ0v) is 9.14. The molecule has 4 N–H and O–H groups in total. The fourth-order valence-electron chi connectivity index (χ4n) is 2.21. The minimum atomic E-state index is -0.0903. The van der Waals surface area contributed by atoms with Crippen molar-refractivity contribution in [3.8, 4) is 0 Å². The summed E-state index contributed by atoms with van der Waals surface area (Å²) in [6.07, 6.45) is 0. The molecule has 0 spiro atoms. The summed E-state index contributed by atoms with van der Waals surface area (Å²) in [7, 11) is 0. The highest BCUT2D eigenvalue weighted by Gasteiger charge is 2.10. The Labute approximate surface area is 98.9 Å². The van der Waals surface area contributed by atoms with Crippen molar-refractivity contribution in [2.45, 2.75) is 0 Å². The average molecular weight is 240 g/mol.